The summed E-state index contributed by atoms with van der Waals surface area (Å²) in [6, 6.07) is 19.3. The van der Waals surface area contributed by atoms with Crippen molar-refractivity contribution in [1.82, 2.24) is 9.80 Å². The maximum atomic E-state index is 12.9. The Morgan fingerprint density at radius 1 is 0.750 bits per heavy atom. The second-order valence-electron chi connectivity index (χ2n) is 15.4. The van der Waals surface area contributed by atoms with E-state index >= 15 is 0 Å². The minimum absolute atomic E-state index is 0.0183. The van der Waals surface area contributed by atoms with Crippen LogP contribution in [0.4, 0.5) is 0 Å². The van der Waals surface area contributed by atoms with Gasteiger partial charge in [0.15, 0.2) is 0 Å². The summed E-state index contributed by atoms with van der Waals surface area (Å²) in [5.74, 6) is -1.03. The monoisotopic (exact) mass is 724 g/mol. The predicted octanol–water partition coefficient (Wildman–Crippen LogP) is 5.45. The van der Waals surface area contributed by atoms with E-state index in [2.05, 4.69) is 0 Å². The summed E-state index contributed by atoms with van der Waals surface area (Å²) in [4.78, 5) is 70.3. The summed E-state index contributed by atoms with van der Waals surface area (Å²) in [6.07, 6.45) is 1.22. The van der Waals surface area contributed by atoms with Crippen LogP contribution in [-0.4, -0.2) is 88.9 Å². The van der Waals surface area contributed by atoms with Gasteiger partial charge in [-0.3, -0.25) is 19.2 Å². The molecule has 52 heavy (non-hydrogen) atoms. The molecule has 12 heteroatoms. The lowest BCUT2D eigenvalue weighted by molar-refractivity contribution is -0.192. The van der Waals surface area contributed by atoms with Crippen molar-refractivity contribution in [3.8, 4) is 0 Å². The van der Waals surface area contributed by atoms with Gasteiger partial charge in [-0.1, -0.05) is 67.6 Å². The highest BCUT2D eigenvalue weighted by Gasteiger charge is 2.53. The Labute approximate surface area is 307 Å². The third kappa shape index (κ3) is 12.1. The topological polar surface area (TPSA) is 157 Å². The smallest absolute Gasteiger partial charge is 0.373 e. The van der Waals surface area contributed by atoms with Gasteiger partial charge >= 0.3 is 18.1 Å². The molecular weight excluding hydrogens is 668 g/mol. The molecule has 2 heterocycles. The van der Waals surface area contributed by atoms with Crippen molar-refractivity contribution in [3.63, 3.8) is 0 Å². The standard InChI is InChI=1S/C21H31NO4.C18H25NO4.CO2/c1-6-12-25-15-21(19(24)26-20(3,4)5)13-18(23)22(14-21)16(2)17-10-8-7-9-11-17;1-13(14-8-6-5-7-9-14)19-11-18(12-20,10-15(19)21)16(22)23-17(2,3)4;2-1-3/h7-11,16H,6,12-15H2,1-5H3;5-9,13,20H,10-12H2,1-4H3;/t16-,21+;13-,18+;/m11./s1. The van der Waals surface area contributed by atoms with E-state index in [4.69, 9.17) is 23.8 Å². The number of carbonyl (C=O) groups is 4. The molecule has 2 aliphatic rings. The van der Waals surface area contributed by atoms with Crippen molar-refractivity contribution in [2.24, 2.45) is 10.8 Å². The molecule has 1 N–H and O–H groups in total. The van der Waals surface area contributed by atoms with E-state index in [0.29, 0.717) is 13.2 Å². The number of hydrogen-bond acceptors (Lipinski definition) is 10. The van der Waals surface area contributed by atoms with E-state index in [1.165, 1.54) is 0 Å². The lowest BCUT2D eigenvalue weighted by atomic mass is 9.87. The molecule has 2 aliphatic heterocycles. The third-order valence-electron chi connectivity index (χ3n) is 8.76. The van der Waals surface area contributed by atoms with Crippen LogP contribution in [0.5, 0.6) is 0 Å². The number of ether oxygens (including phenoxy) is 3. The Hall–Kier alpha value is -4.38. The molecule has 0 spiro atoms. The van der Waals surface area contributed by atoms with Crippen molar-refractivity contribution < 1.29 is 48.1 Å². The molecule has 286 valence electrons. The Morgan fingerprint density at radius 2 is 1.12 bits per heavy atom. The van der Waals surface area contributed by atoms with Crippen molar-refractivity contribution in [3.05, 3.63) is 71.8 Å². The second kappa shape index (κ2) is 18.9. The van der Waals surface area contributed by atoms with Gasteiger partial charge in [0.25, 0.3) is 0 Å². The maximum Gasteiger partial charge on any atom is 0.373 e. The Balaban J connectivity index is 0.000000337. The second-order valence-corrected chi connectivity index (χ2v) is 15.4. The minimum Gasteiger partial charge on any atom is -0.459 e. The van der Waals surface area contributed by atoms with Crippen LogP contribution >= 0.6 is 0 Å². The molecule has 2 amide bonds. The van der Waals surface area contributed by atoms with Gasteiger partial charge in [0.1, 0.15) is 22.0 Å². The highest BCUT2D eigenvalue weighted by Crippen LogP contribution is 2.40. The molecule has 0 unspecified atom stereocenters. The molecule has 4 atom stereocenters. The average Bonchev–Trinajstić information content (AvgIpc) is 3.62. The van der Waals surface area contributed by atoms with Gasteiger partial charge in [-0.05, 0) is 72.9 Å². The zero-order valence-electron chi connectivity index (χ0n) is 32.1. The molecule has 2 aromatic rings. The van der Waals surface area contributed by atoms with Gasteiger partial charge in [0.05, 0.1) is 25.3 Å². The maximum absolute atomic E-state index is 12.9. The van der Waals surface area contributed by atoms with Gasteiger partial charge in [0, 0.05) is 32.5 Å². The first kappa shape index (κ1) is 43.8. The van der Waals surface area contributed by atoms with Crippen LogP contribution in [0.2, 0.25) is 0 Å². The van der Waals surface area contributed by atoms with E-state index in [-0.39, 0.29) is 62.0 Å². The fraction of sp³-hybridized carbons (Fsp3) is 0.575. The summed E-state index contributed by atoms with van der Waals surface area (Å²) in [6.45, 7) is 17.6. The molecule has 0 bridgehead atoms. The first-order valence-electron chi connectivity index (χ1n) is 17.6. The van der Waals surface area contributed by atoms with Crippen LogP contribution in [0.1, 0.15) is 105 Å². The van der Waals surface area contributed by atoms with Crippen LogP contribution in [0.25, 0.3) is 0 Å². The SMILES string of the molecule is CCCOC[C@]1(C(=O)OC(C)(C)C)CC(=O)N([C@H](C)c2ccccc2)C1.C[C@H](c1ccccc1)N1C[C@@](CO)(C(=O)OC(C)(C)C)CC1=O.O=C=O. The van der Waals surface area contributed by atoms with Gasteiger partial charge in [-0.15, -0.1) is 0 Å². The number of hydrogen-bond donors (Lipinski definition) is 1. The van der Waals surface area contributed by atoms with Crippen LogP contribution in [0, 0.1) is 10.8 Å². The number of benzene rings is 2. The molecular formula is C40H56N2O10. The molecule has 4 rings (SSSR count). The van der Waals surface area contributed by atoms with Crippen molar-refractivity contribution in [2.75, 3.05) is 32.9 Å². The van der Waals surface area contributed by atoms with Gasteiger partial charge in [0.2, 0.25) is 11.8 Å². The largest absolute Gasteiger partial charge is 0.459 e. The fourth-order valence-electron chi connectivity index (χ4n) is 6.04. The molecule has 0 aliphatic carbocycles. The predicted molar refractivity (Wildman–Crippen MR) is 192 cm³/mol. The third-order valence-corrected chi connectivity index (χ3v) is 8.76. The zero-order chi connectivity index (χ0) is 39.3. The summed E-state index contributed by atoms with van der Waals surface area (Å²) < 4.78 is 16.8. The molecule has 0 saturated carbocycles. The van der Waals surface area contributed by atoms with Crippen LogP contribution in [-0.2, 0) is 43.0 Å². The quantitative estimate of drug-likeness (QED) is 0.234. The number of nitrogens with zero attached hydrogens (tertiary/aromatic N) is 2. The van der Waals surface area contributed by atoms with Crippen molar-refractivity contribution in [1.29, 1.82) is 0 Å². The number of rotatable bonds is 11. The minimum atomic E-state index is -1.17. The first-order chi connectivity index (χ1) is 24.3. The number of esters is 2. The number of aliphatic hydroxyl groups is 1. The molecule has 0 aromatic heterocycles. The zero-order valence-corrected chi connectivity index (χ0v) is 32.1. The van der Waals surface area contributed by atoms with Crippen LogP contribution in [0.3, 0.4) is 0 Å². The lowest BCUT2D eigenvalue weighted by Crippen LogP contribution is -2.43. The van der Waals surface area contributed by atoms with Gasteiger partial charge in [-0.25, -0.2) is 0 Å². The highest BCUT2D eigenvalue weighted by atomic mass is 16.6. The van der Waals surface area contributed by atoms with Crippen LogP contribution in [0.15, 0.2) is 60.7 Å². The summed E-state index contributed by atoms with van der Waals surface area (Å²) in [7, 11) is 0. The molecule has 2 saturated heterocycles. The van der Waals surface area contributed by atoms with Crippen molar-refractivity contribution >= 4 is 29.9 Å². The van der Waals surface area contributed by atoms with Gasteiger partial charge < -0.3 is 29.1 Å². The Kier molecular flexibility index (Phi) is 15.9. The summed E-state index contributed by atoms with van der Waals surface area (Å²) in [5, 5.41) is 9.79. The van der Waals surface area contributed by atoms with E-state index in [9.17, 15) is 24.3 Å². The van der Waals surface area contributed by atoms with Gasteiger partial charge in [-0.2, -0.15) is 9.59 Å². The van der Waals surface area contributed by atoms with E-state index in [0.717, 1.165) is 17.5 Å². The average molecular weight is 725 g/mol. The molecule has 2 aromatic carbocycles. The highest BCUT2D eigenvalue weighted by molar-refractivity contribution is 5.91. The Morgan fingerprint density at radius 3 is 1.48 bits per heavy atom. The fourth-order valence-corrected chi connectivity index (χ4v) is 6.04. The number of amides is 2. The summed E-state index contributed by atoms with van der Waals surface area (Å²) >= 11 is 0. The molecule has 2 fully saturated rings. The molecule has 0 radical (unpaired) electrons. The van der Waals surface area contributed by atoms with E-state index in [1.807, 2.05) is 102 Å². The van der Waals surface area contributed by atoms with Crippen molar-refractivity contribution in [2.45, 2.75) is 105 Å². The normalized spacial score (nSPS) is 21.2. The van der Waals surface area contributed by atoms with Crippen LogP contribution < -0.4 is 0 Å². The number of likely N-dealkylation sites (tertiary alicyclic amines) is 2. The van der Waals surface area contributed by atoms with E-state index < -0.39 is 34.6 Å². The lowest BCUT2D eigenvalue weighted by Gasteiger charge is -2.32. The molecule has 12 nitrogen and oxygen atoms in total. The summed E-state index contributed by atoms with van der Waals surface area (Å²) in [5.41, 5.74) is -1.32. The number of aliphatic hydroxyl groups excluding tert-OH is 1. The van der Waals surface area contributed by atoms with E-state index in [1.54, 1.807) is 30.6 Å². The number of carbonyl (C=O) groups excluding carboxylic acids is 6. The first-order valence-corrected chi connectivity index (χ1v) is 17.6. The Bertz CT molecular complexity index is 1510.